The summed E-state index contributed by atoms with van der Waals surface area (Å²) < 4.78 is 11.2. The van der Waals surface area contributed by atoms with Crippen LogP contribution in [0.2, 0.25) is 5.02 Å². The lowest BCUT2D eigenvalue weighted by Gasteiger charge is -2.24. The average Bonchev–Trinajstić information content (AvgIpc) is 3.05. The van der Waals surface area contributed by atoms with Gasteiger partial charge in [-0.1, -0.05) is 35.9 Å². The summed E-state index contributed by atoms with van der Waals surface area (Å²) >= 11 is 6.04. The van der Waals surface area contributed by atoms with Crippen LogP contribution in [0.15, 0.2) is 48.2 Å². The van der Waals surface area contributed by atoms with Gasteiger partial charge in [0, 0.05) is 30.6 Å². The number of benzene rings is 2. The molecular formula is C25H27ClO3. The minimum absolute atomic E-state index is 0.0154. The number of hydrogen-bond donors (Lipinski definition) is 0. The van der Waals surface area contributed by atoms with Crippen LogP contribution in [0.1, 0.15) is 36.8 Å². The molecule has 0 saturated carbocycles. The van der Waals surface area contributed by atoms with Crippen LogP contribution in [0.5, 0.6) is 0 Å². The molecule has 3 nitrogen and oxygen atoms in total. The third-order valence-corrected chi connectivity index (χ3v) is 6.47. The molecule has 2 aromatic carbocycles. The standard InChI is InChI=1S/C25H27ClO3/c1-16-3-4-19(18-5-7-21(26)8-6-18)14-22(16)24-23(28-2)15-20(25(24)27)13-17-9-11-29-12-10-17/h3-8,14,17,20H,9-13,15H2,1-2H3. The first-order valence-corrected chi connectivity index (χ1v) is 10.7. The first-order valence-electron chi connectivity index (χ1n) is 10.3. The van der Waals surface area contributed by atoms with Crippen molar-refractivity contribution < 1.29 is 14.3 Å². The number of Topliss-reactive ketones (excluding diaryl/α,β-unsaturated/α-hetero) is 1. The fourth-order valence-electron chi connectivity index (χ4n) is 4.52. The largest absolute Gasteiger partial charge is 0.500 e. The summed E-state index contributed by atoms with van der Waals surface area (Å²) in [7, 11) is 1.68. The van der Waals surface area contributed by atoms with Crippen molar-refractivity contribution in [2.24, 2.45) is 11.8 Å². The number of halogens is 1. The third kappa shape index (κ3) is 4.26. The Hall–Kier alpha value is -2.10. The molecule has 0 N–H and O–H groups in total. The number of hydrogen-bond acceptors (Lipinski definition) is 3. The quantitative estimate of drug-likeness (QED) is 0.599. The Morgan fingerprint density at radius 2 is 1.76 bits per heavy atom. The van der Waals surface area contributed by atoms with Crippen molar-refractivity contribution in [3.8, 4) is 11.1 Å². The molecule has 0 amide bonds. The molecule has 4 heteroatoms. The molecule has 0 aromatic heterocycles. The summed E-state index contributed by atoms with van der Waals surface area (Å²) in [6, 6.07) is 14.1. The molecule has 29 heavy (non-hydrogen) atoms. The predicted octanol–water partition coefficient (Wildman–Crippen LogP) is 6.08. The van der Waals surface area contributed by atoms with Crippen LogP contribution in [0.3, 0.4) is 0 Å². The number of carbonyl (C=O) groups excluding carboxylic acids is 1. The predicted molar refractivity (Wildman–Crippen MR) is 117 cm³/mol. The monoisotopic (exact) mass is 410 g/mol. The number of aryl methyl sites for hydroxylation is 1. The van der Waals surface area contributed by atoms with Gasteiger partial charge in [-0.05, 0) is 72.6 Å². The van der Waals surface area contributed by atoms with Gasteiger partial charge in [-0.25, -0.2) is 0 Å². The molecular weight excluding hydrogens is 384 g/mol. The second kappa shape index (κ2) is 8.73. The third-order valence-electron chi connectivity index (χ3n) is 6.22. The molecule has 2 aliphatic rings. The van der Waals surface area contributed by atoms with Crippen LogP contribution in [0, 0.1) is 18.8 Å². The lowest BCUT2D eigenvalue weighted by molar-refractivity contribution is -0.117. The zero-order valence-electron chi connectivity index (χ0n) is 17.0. The SMILES string of the molecule is COC1=C(c2cc(-c3ccc(Cl)cc3)ccc2C)C(=O)C(CC2CCOCC2)C1. The summed E-state index contributed by atoms with van der Waals surface area (Å²) in [4.78, 5) is 13.4. The Morgan fingerprint density at radius 3 is 2.45 bits per heavy atom. The molecule has 0 bridgehead atoms. The van der Waals surface area contributed by atoms with E-state index in [1.165, 1.54) is 0 Å². The van der Waals surface area contributed by atoms with Crippen molar-refractivity contribution in [2.75, 3.05) is 20.3 Å². The maximum absolute atomic E-state index is 13.4. The highest BCUT2D eigenvalue weighted by Gasteiger charge is 2.37. The van der Waals surface area contributed by atoms with E-state index in [9.17, 15) is 4.79 Å². The summed E-state index contributed by atoms with van der Waals surface area (Å²) in [5.41, 5.74) is 4.99. The summed E-state index contributed by atoms with van der Waals surface area (Å²) in [5, 5.41) is 0.715. The Kier molecular flexibility index (Phi) is 6.07. The Morgan fingerprint density at radius 1 is 1.07 bits per heavy atom. The van der Waals surface area contributed by atoms with Crippen molar-refractivity contribution in [1.82, 2.24) is 0 Å². The van der Waals surface area contributed by atoms with Gasteiger partial charge < -0.3 is 9.47 Å². The average molecular weight is 411 g/mol. The van der Waals surface area contributed by atoms with E-state index < -0.39 is 0 Å². The number of methoxy groups -OCH3 is 1. The molecule has 1 fully saturated rings. The Labute approximate surface area is 177 Å². The van der Waals surface area contributed by atoms with E-state index in [4.69, 9.17) is 21.1 Å². The van der Waals surface area contributed by atoms with E-state index in [0.717, 1.165) is 66.1 Å². The van der Waals surface area contributed by atoms with E-state index in [2.05, 4.69) is 25.1 Å². The molecule has 1 atom stereocenters. The van der Waals surface area contributed by atoms with Gasteiger partial charge in [0.2, 0.25) is 0 Å². The number of allylic oxidation sites excluding steroid dienone is 2. The minimum Gasteiger partial charge on any atom is -0.500 e. The van der Waals surface area contributed by atoms with Crippen LogP contribution in [0.25, 0.3) is 16.7 Å². The number of ether oxygens (including phenoxy) is 2. The van der Waals surface area contributed by atoms with Crippen LogP contribution in [0.4, 0.5) is 0 Å². The molecule has 2 aromatic rings. The Bertz CT molecular complexity index is 924. The Balaban J connectivity index is 1.64. The molecule has 0 radical (unpaired) electrons. The van der Waals surface area contributed by atoms with Gasteiger partial charge in [-0.2, -0.15) is 0 Å². The number of rotatable bonds is 5. The second-order valence-electron chi connectivity index (χ2n) is 8.10. The van der Waals surface area contributed by atoms with Crippen LogP contribution in [-0.4, -0.2) is 26.1 Å². The van der Waals surface area contributed by atoms with Gasteiger partial charge in [0.15, 0.2) is 5.78 Å². The summed E-state index contributed by atoms with van der Waals surface area (Å²) in [6.07, 6.45) is 3.72. The fraction of sp³-hybridized carbons (Fsp3) is 0.400. The summed E-state index contributed by atoms with van der Waals surface area (Å²) in [5.74, 6) is 1.63. The maximum atomic E-state index is 13.4. The highest BCUT2D eigenvalue weighted by molar-refractivity contribution is 6.30. The van der Waals surface area contributed by atoms with Crippen molar-refractivity contribution in [3.05, 3.63) is 64.4 Å². The van der Waals surface area contributed by atoms with Gasteiger partial charge in [-0.15, -0.1) is 0 Å². The first kappa shape index (κ1) is 20.2. The van der Waals surface area contributed by atoms with E-state index in [1.807, 2.05) is 24.3 Å². The van der Waals surface area contributed by atoms with Gasteiger partial charge in [-0.3, -0.25) is 4.79 Å². The molecule has 1 aliphatic carbocycles. The molecule has 1 unspecified atom stereocenters. The van der Waals surface area contributed by atoms with E-state index >= 15 is 0 Å². The maximum Gasteiger partial charge on any atom is 0.170 e. The van der Waals surface area contributed by atoms with Crippen molar-refractivity contribution in [2.45, 2.75) is 32.6 Å². The lowest BCUT2D eigenvalue weighted by atomic mass is 9.85. The zero-order chi connectivity index (χ0) is 20.4. The van der Waals surface area contributed by atoms with E-state index in [1.54, 1.807) is 7.11 Å². The van der Waals surface area contributed by atoms with Gasteiger partial charge in [0.1, 0.15) is 5.76 Å². The smallest absolute Gasteiger partial charge is 0.170 e. The van der Waals surface area contributed by atoms with Gasteiger partial charge in [0.25, 0.3) is 0 Å². The molecule has 4 rings (SSSR count). The summed E-state index contributed by atoms with van der Waals surface area (Å²) in [6.45, 7) is 3.68. The van der Waals surface area contributed by atoms with E-state index in [0.29, 0.717) is 17.4 Å². The van der Waals surface area contributed by atoms with E-state index in [-0.39, 0.29) is 11.7 Å². The number of ketones is 1. The minimum atomic E-state index is 0.0154. The highest BCUT2D eigenvalue weighted by atomic mass is 35.5. The molecule has 1 heterocycles. The van der Waals surface area contributed by atoms with Crippen molar-refractivity contribution in [1.29, 1.82) is 0 Å². The van der Waals surface area contributed by atoms with Crippen LogP contribution in [-0.2, 0) is 14.3 Å². The fourth-order valence-corrected chi connectivity index (χ4v) is 4.64. The van der Waals surface area contributed by atoms with Crippen LogP contribution < -0.4 is 0 Å². The van der Waals surface area contributed by atoms with Gasteiger partial charge in [0.05, 0.1) is 12.7 Å². The second-order valence-corrected chi connectivity index (χ2v) is 8.53. The highest BCUT2D eigenvalue weighted by Crippen LogP contribution is 2.41. The molecule has 1 aliphatic heterocycles. The van der Waals surface area contributed by atoms with Crippen LogP contribution >= 0.6 is 11.6 Å². The molecule has 0 spiro atoms. The zero-order valence-corrected chi connectivity index (χ0v) is 17.8. The first-order chi connectivity index (χ1) is 14.1. The molecule has 152 valence electrons. The normalized spacial score (nSPS) is 20.4. The number of carbonyl (C=O) groups is 1. The topological polar surface area (TPSA) is 35.5 Å². The van der Waals surface area contributed by atoms with Crippen molar-refractivity contribution >= 4 is 23.0 Å². The molecule has 1 saturated heterocycles. The lowest BCUT2D eigenvalue weighted by Crippen LogP contribution is -2.21. The van der Waals surface area contributed by atoms with Crippen molar-refractivity contribution in [3.63, 3.8) is 0 Å². The van der Waals surface area contributed by atoms with Gasteiger partial charge >= 0.3 is 0 Å².